The molecule has 1 fully saturated rings. The summed E-state index contributed by atoms with van der Waals surface area (Å²) in [6.07, 6.45) is 0. The van der Waals surface area contributed by atoms with E-state index in [1.54, 1.807) is 0 Å². The Bertz CT molecular complexity index is 646. The average molecular weight is 358 g/mol. The van der Waals surface area contributed by atoms with Gasteiger partial charge in [-0.25, -0.2) is 4.99 Å². The normalized spacial score (nSPS) is 16.8. The quantitative estimate of drug-likeness (QED) is 0.601. The van der Waals surface area contributed by atoms with Gasteiger partial charge in [0.2, 0.25) is 0 Å². The minimum Gasteiger partial charge on any atom is -0.354 e. The zero-order valence-electron chi connectivity index (χ0n) is 12.7. The standard InChI is InChI=1S/C18H20BrN3/c1-21-11-13-22(14-12-21)18(15-7-3-2-4-8-15)20-17-10-6-5-9-16(17)19/h2-10H,11-14H2,1H3. The van der Waals surface area contributed by atoms with Gasteiger partial charge in [-0.05, 0) is 35.1 Å². The Morgan fingerprint density at radius 2 is 1.55 bits per heavy atom. The number of likely N-dealkylation sites (N-methyl/N-ethyl adjacent to an activating group) is 1. The van der Waals surface area contributed by atoms with E-state index in [0.717, 1.165) is 42.2 Å². The highest BCUT2D eigenvalue weighted by molar-refractivity contribution is 9.10. The van der Waals surface area contributed by atoms with Crippen LogP contribution in [0.3, 0.4) is 0 Å². The van der Waals surface area contributed by atoms with Crippen molar-refractivity contribution in [2.75, 3.05) is 33.2 Å². The molecule has 3 nitrogen and oxygen atoms in total. The second-order valence-electron chi connectivity index (χ2n) is 5.54. The first-order valence-electron chi connectivity index (χ1n) is 7.56. The molecule has 0 aromatic heterocycles. The van der Waals surface area contributed by atoms with Gasteiger partial charge in [-0.2, -0.15) is 0 Å². The second-order valence-corrected chi connectivity index (χ2v) is 6.40. The molecule has 114 valence electrons. The summed E-state index contributed by atoms with van der Waals surface area (Å²) in [5.74, 6) is 1.06. The fraction of sp³-hybridized carbons (Fsp3) is 0.278. The zero-order chi connectivity index (χ0) is 15.4. The van der Waals surface area contributed by atoms with Crippen molar-refractivity contribution in [1.29, 1.82) is 0 Å². The number of benzene rings is 2. The zero-order valence-corrected chi connectivity index (χ0v) is 14.3. The summed E-state index contributed by atoms with van der Waals surface area (Å²) >= 11 is 3.60. The van der Waals surface area contributed by atoms with Crippen molar-refractivity contribution in [2.45, 2.75) is 0 Å². The lowest BCUT2D eigenvalue weighted by Crippen LogP contribution is -2.47. The SMILES string of the molecule is CN1CCN(C(=Nc2ccccc2Br)c2ccccc2)CC1. The maximum absolute atomic E-state index is 4.95. The minimum atomic E-state index is 0.972. The largest absolute Gasteiger partial charge is 0.354 e. The fourth-order valence-electron chi connectivity index (χ4n) is 2.58. The monoisotopic (exact) mass is 357 g/mol. The van der Waals surface area contributed by atoms with E-state index in [-0.39, 0.29) is 0 Å². The first-order chi connectivity index (χ1) is 10.7. The van der Waals surface area contributed by atoms with Crippen LogP contribution < -0.4 is 0 Å². The summed E-state index contributed by atoms with van der Waals surface area (Å²) in [5.41, 5.74) is 2.14. The van der Waals surface area contributed by atoms with Gasteiger partial charge in [0.15, 0.2) is 0 Å². The summed E-state index contributed by atoms with van der Waals surface area (Å²) in [7, 11) is 2.17. The molecule has 0 unspecified atom stereocenters. The Balaban J connectivity index is 1.98. The van der Waals surface area contributed by atoms with Crippen molar-refractivity contribution < 1.29 is 0 Å². The van der Waals surface area contributed by atoms with E-state index in [2.05, 4.69) is 57.0 Å². The Hall–Kier alpha value is -1.65. The van der Waals surface area contributed by atoms with Crippen molar-refractivity contribution in [1.82, 2.24) is 9.80 Å². The van der Waals surface area contributed by atoms with Crippen molar-refractivity contribution >= 4 is 27.5 Å². The molecule has 0 spiro atoms. The number of hydrogen-bond acceptors (Lipinski definition) is 2. The van der Waals surface area contributed by atoms with Crippen LogP contribution in [0.25, 0.3) is 0 Å². The topological polar surface area (TPSA) is 18.8 Å². The van der Waals surface area contributed by atoms with E-state index < -0.39 is 0 Å². The van der Waals surface area contributed by atoms with Gasteiger partial charge in [0.1, 0.15) is 5.84 Å². The van der Waals surface area contributed by atoms with Gasteiger partial charge in [-0.3, -0.25) is 0 Å². The van der Waals surface area contributed by atoms with E-state index in [9.17, 15) is 0 Å². The van der Waals surface area contributed by atoms with Gasteiger partial charge in [-0.1, -0.05) is 42.5 Å². The van der Waals surface area contributed by atoms with Crippen LogP contribution >= 0.6 is 15.9 Å². The van der Waals surface area contributed by atoms with Crippen LogP contribution in [0.5, 0.6) is 0 Å². The molecule has 2 aromatic carbocycles. The molecule has 4 heteroatoms. The smallest absolute Gasteiger partial charge is 0.136 e. The third-order valence-electron chi connectivity index (χ3n) is 3.91. The molecule has 1 heterocycles. The molecule has 22 heavy (non-hydrogen) atoms. The van der Waals surface area contributed by atoms with E-state index in [1.807, 2.05) is 30.3 Å². The molecule has 0 bridgehead atoms. The van der Waals surface area contributed by atoms with Gasteiger partial charge in [0.25, 0.3) is 0 Å². The van der Waals surface area contributed by atoms with Crippen LogP contribution in [-0.4, -0.2) is 48.9 Å². The van der Waals surface area contributed by atoms with E-state index in [4.69, 9.17) is 4.99 Å². The maximum atomic E-state index is 4.95. The van der Waals surface area contributed by atoms with E-state index in [1.165, 1.54) is 5.56 Å². The van der Waals surface area contributed by atoms with Gasteiger partial charge in [0.05, 0.1) is 5.69 Å². The Labute approximate surface area is 140 Å². The van der Waals surface area contributed by atoms with Crippen LogP contribution in [0, 0.1) is 0 Å². The Morgan fingerprint density at radius 1 is 0.909 bits per heavy atom. The molecule has 1 saturated heterocycles. The van der Waals surface area contributed by atoms with Crippen molar-refractivity contribution in [3.05, 3.63) is 64.6 Å². The van der Waals surface area contributed by atoms with Crippen molar-refractivity contribution in [3.63, 3.8) is 0 Å². The highest BCUT2D eigenvalue weighted by Gasteiger charge is 2.19. The molecule has 0 N–H and O–H groups in total. The predicted molar refractivity (Wildman–Crippen MR) is 95.9 cm³/mol. The number of para-hydroxylation sites is 1. The van der Waals surface area contributed by atoms with Crippen molar-refractivity contribution in [3.8, 4) is 0 Å². The first kappa shape index (κ1) is 15.3. The molecule has 0 radical (unpaired) electrons. The molecule has 0 aliphatic carbocycles. The maximum Gasteiger partial charge on any atom is 0.136 e. The van der Waals surface area contributed by atoms with Crippen LogP contribution in [-0.2, 0) is 0 Å². The summed E-state index contributed by atoms with van der Waals surface area (Å²) < 4.78 is 1.03. The molecule has 1 aliphatic heterocycles. The molecular formula is C18H20BrN3. The lowest BCUT2D eigenvalue weighted by Gasteiger charge is -2.34. The van der Waals surface area contributed by atoms with Crippen molar-refractivity contribution in [2.24, 2.45) is 4.99 Å². The Morgan fingerprint density at radius 3 is 2.23 bits per heavy atom. The summed E-state index contributed by atoms with van der Waals surface area (Å²) in [4.78, 5) is 9.70. The third kappa shape index (κ3) is 3.57. The molecule has 0 saturated carbocycles. The number of amidine groups is 1. The average Bonchev–Trinajstić information content (AvgIpc) is 2.56. The van der Waals surface area contributed by atoms with Crippen LogP contribution in [0.2, 0.25) is 0 Å². The number of rotatable bonds is 2. The first-order valence-corrected chi connectivity index (χ1v) is 8.35. The second kappa shape index (κ2) is 7.07. The molecule has 0 amide bonds. The summed E-state index contributed by atoms with van der Waals surface area (Å²) in [6, 6.07) is 18.6. The molecule has 1 aliphatic rings. The number of halogens is 1. The van der Waals surface area contributed by atoms with E-state index >= 15 is 0 Å². The minimum absolute atomic E-state index is 0.972. The number of hydrogen-bond donors (Lipinski definition) is 0. The summed E-state index contributed by atoms with van der Waals surface area (Å²) in [6.45, 7) is 4.16. The van der Waals surface area contributed by atoms with Gasteiger partial charge >= 0.3 is 0 Å². The molecule has 3 rings (SSSR count). The Kier molecular flexibility index (Phi) is 4.90. The van der Waals surface area contributed by atoms with E-state index in [0.29, 0.717) is 0 Å². The lowest BCUT2D eigenvalue weighted by molar-refractivity contribution is 0.216. The molecule has 2 aromatic rings. The number of aliphatic imine (C=N–C) groups is 1. The van der Waals surface area contributed by atoms with Gasteiger partial charge in [-0.15, -0.1) is 0 Å². The molecular weight excluding hydrogens is 338 g/mol. The predicted octanol–water partition coefficient (Wildman–Crippen LogP) is 3.77. The highest BCUT2D eigenvalue weighted by Crippen LogP contribution is 2.26. The number of nitrogens with zero attached hydrogens (tertiary/aromatic N) is 3. The van der Waals surface area contributed by atoms with Crippen LogP contribution in [0.4, 0.5) is 5.69 Å². The highest BCUT2D eigenvalue weighted by atomic mass is 79.9. The van der Waals surface area contributed by atoms with Crippen LogP contribution in [0.15, 0.2) is 64.1 Å². The van der Waals surface area contributed by atoms with Gasteiger partial charge in [0, 0.05) is 36.2 Å². The fourth-order valence-corrected chi connectivity index (χ4v) is 2.95. The van der Waals surface area contributed by atoms with Gasteiger partial charge < -0.3 is 9.80 Å². The lowest BCUT2D eigenvalue weighted by atomic mass is 10.1. The third-order valence-corrected chi connectivity index (χ3v) is 4.58. The summed E-state index contributed by atoms with van der Waals surface area (Å²) in [5, 5.41) is 0. The number of piperazine rings is 1. The molecule has 0 atom stereocenters. The van der Waals surface area contributed by atoms with Crippen LogP contribution in [0.1, 0.15) is 5.56 Å².